The normalized spacial score (nSPS) is 16.6. The number of nitrogens with zero attached hydrogens (tertiary/aromatic N) is 1. The highest BCUT2D eigenvalue weighted by Crippen LogP contribution is 2.45. The molecule has 1 aliphatic carbocycles. The minimum Gasteiger partial charge on any atom is -0.469 e. The molecule has 5 rings (SSSR count). The zero-order valence-corrected chi connectivity index (χ0v) is 26.1. The predicted molar refractivity (Wildman–Crippen MR) is 166 cm³/mol. The molecule has 42 heavy (non-hydrogen) atoms. The summed E-state index contributed by atoms with van der Waals surface area (Å²) in [5, 5.41) is 0. The molecule has 220 valence electrons. The van der Waals surface area contributed by atoms with Crippen LogP contribution in [0.1, 0.15) is 67.0 Å². The molecule has 0 spiro atoms. The topological polar surface area (TPSA) is 74.3 Å². The van der Waals surface area contributed by atoms with Crippen LogP contribution in [-0.2, 0) is 30.0 Å². The van der Waals surface area contributed by atoms with E-state index >= 15 is 0 Å². The summed E-state index contributed by atoms with van der Waals surface area (Å²) in [6.45, 7) is 14.1. The SMILES string of the molecule is COC(=O)Cc1c(C)c(B2OC(C)(C)C(C)(C)O2)c(C)c(N(C)C(=O)OCC2c3ccccc3-c3ccccc32)c1C. The third kappa shape index (κ3) is 4.90. The highest BCUT2D eigenvalue weighted by molar-refractivity contribution is 6.63. The summed E-state index contributed by atoms with van der Waals surface area (Å²) in [4.78, 5) is 27.7. The van der Waals surface area contributed by atoms with Crippen LogP contribution in [0.15, 0.2) is 48.5 Å². The molecule has 1 heterocycles. The molecule has 0 saturated carbocycles. The Morgan fingerprint density at radius 1 is 0.857 bits per heavy atom. The van der Waals surface area contributed by atoms with Gasteiger partial charge in [0, 0.05) is 13.0 Å². The van der Waals surface area contributed by atoms with Gasteiger partial charge in [-0.25, -0.2) is 4.79 Å². The minimum absolute atomic E-state index is 0.0508. The molecule has 0 atom stereocenters. The lowest BCUT2D eigenvalue weighted by atomic mass is 9.70. The molecule has 7 nitrogen and oxygen atoms in total. The van der Waals surface area contributed by atoms with Gasteiger partial charge in [-0.3, -0.25) is 9.69 Å². The number of hydrogen-bond donors (Lipinski definition) is 0. The second kappa shape index (κ2) is 10.9. The summed E-state index contributed by atoms with van der Waals surface area (Å²) in [7, 11) is 2.42. The molecule has 8 heteroatoms. The molecule has 1 fully saturated rings. The van der Waals surface area contributed by atoms with E-state index < -0.39 is 24.4 Å². The lowest BCUT2D eigenvalue weighted by Gasteiger charge is -2.32. The molecule has 3 aromatic rings. The van der Waals surface area contributed by atoms with Crippen LogP contribution >= 0.6 is 0 Å². The van der Waals surface area contributed by atoms with Crippen molar-refractivity contribution in [2.45, 2.75) is 72.0 Å². The van der Waals surface area contributed by atoms with Gasteiger partial charge in [0.1, 0.15) is 6.61 Å². The first kappa shape index (κ1) is 29.9. The van der Waals surface area contributed by atoms with Gasteiger partial charge in [0.15, 0.2) is 0 Å². The monoisotopic (exact) mass is 569 g/mol. The highest BCUT2D eigenvalue weighted by Gasteiger charge is 2.53. The van der Waals surface area contributed by atoms with Crippen LogP contribution in [0.3, 0.4) is 0 Å². The summed E-state index contributed by atoms with van der Waals surface area (Å²) in [5.74, 6) is -0.412. The molecule has 0 unspecified atom stereocenters. The molecule has 0 radical (unpaired) electrons. The average Bonchev–Trinajstić information content (AvgIpc) is 3.38. The van der Waals surface area contributed by atoms with Gasteiger partial charge in [-0.15, -0.1) is 0 Å². The van der Waals surface area contributed by atoms with E-state index in [1.54, 1.807) is 7.05 Å². The van der Waals surface area contributed by atoms with E-state index in [0.29, 0.717) is 5.69 Å². The number of fused-ring (bicyclic) bond motifs is 3. The Morgan fingerprint density at radius 3 is 1.90 bits per heavy atom. The number of anilines is 1. The Kier molecular flexibility index (Phi) is 7.75. The van der Waals surface area contributed by atoms with E-state index in [1.807, 2.05) is 72.7 Å². The second-order valence-electron chi connectivity index (χ2n) is 12.3. The van der Waals surface area contributed by atoms with Crippen molar-refractivity contribution in [3.63, 3.8) is 0 Å². The van der Waals surface area contributed by atoms with Crippen LogP contribution in [-0.4, -0.2) is 51.1 Å². The van der Waals surface area contributed by atoms with Gasteiger partial charge in [0.2, 0.25) is 0 Å². The molecular formula is C34H40BNO6. The number of carbonyl (C=O) groups is 2. The van der Waals surface area contributed by atoms with Crippen molar-refractivity contribution in [3.8, 4) is 11.1 Å². The smallest absolute Gasteiger partial charge is 0.469 e. The average molecular weight is 570 g/mol. The summed E-state index contributed by atoms with van der Waals surface area (Å²) in [5.41, 5.74) is 8.35. The van der Waals surface area contributed by atoms with Crippen LogP contribution < -0.4 is 10.4 Å². The van der Waals surface area contributed by atoms with Crippen LogP contribution in [0.25, 0.3) is 11.1 Å². The first-order valence-electron chi connectivity index (χ1n) is 14.4. The Balaban J connectivity index is 1.49. The van der Waals surface area contributed by atoms with Gasteiger partial charge >= 0.3 is 19.2 Å². The fraction of sp³-hybridized carbons (Fsp3) is 0.412. The van der Waals surface area contributed by atoms with Crippen molar-refractivity contribution in [3.05, 3.63) is 81.9 Å². The quantitative estimate of drug-likeness (QED) is 0.267. The number of hydrogen-bond acceptors (Lipinski definition) is 6. The Hall–Kier alpha value is -3.62. The fourth-order valence-electron chi connectivity index (χ4n) is 6.36. The van der Waals surface area contributed by atoms with Crippen molar-refractivity contribution in [2.24, 2.45) is 0 Å². The lowest BCUT2D eigenvalue weighted by Crippen LogP contribution is -2.41. The standard InChI is InChI=1S/C34H40BNO6/c1-20-27(18-29(37)39-9)21(2)31(22(3)30(20)35-41-33(4,5)34(6,7)42-35)36(8)32(38)40-19-28-25-16-12-10-14-23(25)24-15-11-13-17-26(24)28/h10-17,28H,18-19H2,1-9H3. The molecule has 3 aromatic carbocycles. The number of esters is 1. The Bertz CT molecular complexity index is 1500. The van der Waals surface area contributed by atoms with E-state index in [2.05, 4.69) is 24.3 Å². The van der Waals surface area contributed by atoms with E-state index in [9.17, 15) is 9.59 Å². The summed E-state index contributed by atoms with van der Waals surface area (Å²) >= 11 is 0. The van der Waals surface area contributed by atoms with Crippen LogP contribution in [0, 0.1) is 20.8 Å². The molecular weight excluding hydrogens is 529 g/mol. The number of ether oxygens (including phenoxy) is 2. The molecule has 0 bridgehead atoms. The maximum absolute atomic E-state index is 13.7. The highest BCUT2D eigenvalue weighted by atomic mass is 16.7. The lowest BCUT2D eigenvalue weighted by molar-refractivity contribution is -0.139. The number of methoxy groups -OCH3 is 1. The van der Waals surface area contributed by atoms with Gasteiger partial charge in [-0.2, -0.15) is 0 Å². The van der Waals surface area contributed by atoms with E-state index in [-0.39, 0.29) is 24.9 Å². The van der Waals surface area contributed by atoms with Gasteiger partial charge in [0.05, 0.1) is 30.4 Å². The van der Waals surface area contributed by atoms with Gasteiger partial charge in [-0.05, 0) is 98.4 Å². The van der Waals surface area contributed by atoms with Crippen LogP contribution in [0.5, 0.6) is 0 Å². The van der Waals surface area contributed by atoms with Gasteiger partial charge in [0.25, 0.3) is 0 Å². The summed E-state index contributed by atoms with van der Waals surface area (Å²) < 4.78 is 23.9. The minimum atomic E-state index is -0.665. The van der Waals surface area contributed by atoms with Gasteiger partial charge < -0.3 is 18.8 Å². The number of rotatable bonds is 6. The van der Waals surface area contributed by atoms with E-state index in [1.165, 1.54) is 23.1 Å². The second-order valence-corrected chi connectivity index (χ2v) is 12.3. The van der Waals surface area contributed by atoms with Gasteiger partial charge in [-0.1, -0.05) is 48.5 Å². The van der Waals surface area contributed by atoms with Crippen molar-refractivity contribution in [1.29, 1.82) is 0 Å². The summed E-state index contributed by atoms with van der Waals surface area (Å²) in [6.07, 6.45) is -0.414. The zero-order chi connectivity index (χ0) is 30.6. The molecule has 0 aromatic heterocycles. The van der Waals surface area contributed by atoms with Crippen molar-refractivity contribution in [2.75, 3.05) is 25.7 Å². The largest absolute Gasteiger partial charge is 0.495 e. The molecule has 1 amide bonds. The van der Waals surface area contributed by atoms with Crippen LogP contribution in [0.4, 0.5) is 10.5 Å². The molecule has 1 aliphatic heterocycles. The molecule has 2 aliphatic rings. The summed E-state index contributed by atoms with van der Waals surface area (Å²) in [6, 6.07) is 16.5. The fourth-order valence-corrected chi connectivity index (χ4v) is 6.36. The molecule has 0 N–H and O–H groups in total. The first-order valence-corrected chi connectivity index (χ1v) is 14.4. The maximum Gasteiger partial charge on any atom is 0.495 e. The van der Waals surface area contributed by atoms with Crippen LogP contribution in [0.2, 0.25) is 0 Å². The maximum atomic E-state index is 13.7. The van der Waals surface area contributed by atoms with E-state index in [0.717, 1.165) is 38.8 Å². The third-order valence-corrected chi connectivity index (χ3v) is 9.41. The van der Waals surface area contributed by atoms with Crippen molar-refractivity contribution < 1.29 is 28.4 Å². The molecule has 1 saturated heterocycles. The number of carbonyl (C=O) groups excluding carboxylic acids is 2. The third-order valence-electron chi connectivity index (χ3n) is 9.41. The van der Waals surface area contributed by atoms with E-state index in [4.69, 9.17) is 18.8 Å². The predicted octanol–water partition coefficient (Wildman–Crippen LogP) is 6.01. The van der Waals surface area contributed by atoms with Crippen molar-refractivity contribution >= 4 is 30.3 Å². The first-order chi connectivity index (χ1) is 19.8. The number of benzene rings is 3. The number of amides is 1. The Morgan fingerprint density at radius 2 is 1.38 bits per heavy atom. The van der Waals surface area contributed by atoms with Crippen molar-refractivity contribution in [1.82, 2.24) is 0 Å². The Labute approximate surface area is 249 Å². The zero-order valence-electron chi connectivity index (χ0n) is 26.1.